The molecule has 0 unspecified atom stereocenters. The van der Waals surface area contributed by atoms with Crippen LogP contribution in [0.4, 0.5) is 34.1 Å². The lowest BCUT2D eigenvalue weighted by molar-refractivity contribution is -0.385. The molecule has 2 fully saturated rings. The Morgan fingerprint density at radius 1 is 0.891 bits per heavy atom. The molecule has 2 aliphatic heterocycles. The fraction of sp³-hybridized carbons (Fsp3) is 0.407. The molecule has 15 nitrogen and oxygen atoms in total. The summed E-state index contributed by atoms with van der Waals surface area (Å²) in [5.41, 5.74) is 1.02. The first-order chi connectivity index (χ1) is 21.8. The number of nitrogens with zero attached hydrogens (tertiary/aromatic N) is 6. The number of thiol groups is 1. The van der Waals surface area contributed by atoms with Crippen LogP contribution >= 0.6 is 12.6 Å². The van der Waals surface area contributed by atoms with Gasteiger partial charge < -0.3 is 19.3 Å². The lowest BCUT2D eigenvalue weighted by Crippen LogP contribution is -2.54. The number of aliphatic imine (C=N–C) groups is 1. The Bertz CT molecular complexity index is 1410. The number of carbonyl (C=O) groups is 3. The van der Waals surface area contributed by atoms with Crippen LogP contribution in [-0.4, -0.2) is 99.7 Å². The first-order valence-electron chi connectivity index (χ1n) is 13.6. The van der Waals surface area contributed by atoms with Gasteiger partial charge in [0.2, 0.25) is 5.91 Å². The second kappa shape index (κ2) is 16.9. The Morgan fingerprint density at radius 2 is 1.37 bits per heavy atom. The largest absolute Gasteiger partial charge is 0.445 e. The van der Waals surface area contributed by atoms with E-state index in [-0.39, 0.29) is 42.3 Å². The standard InChI is InChI=1S/C26H28N6O9S.CHF3/c33-24(23-13-22(42)14-30(23)26(35)41-16-19-3-7-21(8-4-19)32(38)39)29-11-9-28(10-12-29)17-27-25(34)40-15-18-1-5-20(6-2-18)31(36)37;2-1(3)4/h1-8,17,22-23,42H,9-16H2;1H/t22-,23-;/m0./s1. The van der Waals surface area contributed by atoms with E-state index in [1.54, 1.807) is 9.80 Å². The molecule has 3 amide bonds. The van der Waals surface area contributed by atoms with E-state index in [9.17, 15) is 47.8 Å². The number of rotatable bonds is 8. The first-order valence-corrected chi connectivity index (χ1v) is 14.1. The van der Waals surface area contributed by atoms with E-state index < -0.39 is 34.8 Å². The molecule has 2 atom stereocenters. The van der Waals surface area contributed by atoms with Crippen molar-refractivity contribution in [1.29, 1.82) is 0 Å². The number of halogens is 3. The molecule has 0 spiro atoms. The average Bonchev–Trinajstić information content (AvgIpc) is 3.43. The Balaban J connectivity index is 0.00000136. The number of nitro groups is 2. The van der Waals surface area contributed by atoms with Crippen molar-refractivity contribution in [1.82, 2.24) is 14.7 Å². The summed E-state index contributed by atoms with van der Waals surface area (Å²) in [7, 11) is 0. The van der Waals surface area contributed by atoms with Crippen molar-refractivity contribution in [3.05, 3.63) is 79.9 Å². The molecule has 0 saturated carbocycles. The van der Waals surface area contributed by atoms with Crippen molar-refractivity contribution in [2.75, 3.05) is 32.7 Å². The predicted molar refractivity (Wildman–Crippen MR) is 158 cm³/mol. The van der Waals surface area contributed by atoms with Crippen molar-refractivity contribution < 1.29 is 46.9 Å². The highest BCUT2D eigenvalue weighted by atomic mass is 32.1. The van der Waals surface area contributed by atoms with Gasteiger partial charge in [-0.1, -0.05) is 0 Å². The number of alkyl halides is 3. The summed E-state index contributed by atoms with van der Waals surface area (Å²) in [5, 5.41) is 21.3. The molecule has 248 valence electrons. The Hall–Kier alpha value is -4.94. The van der Waals surface area contributed by atoms with E-state index in [1.807, 2.05) is 0 Å². The molecular formula is C27H29F3N6O9S. The molecule has 2 aliphatic rings. The van der Waals surface area contributed by atoms with Crippen LogP contribution in [0.1, 0.15) is 17.5 Å². The van der Waals surface area contributed by atoms with Gasteiger partial charge in [0.05, 0.1) is 16.2 Å². The summed E-state index contributed by atoms with van der Waals surface area (Å²) in [5.74, 6) is -0.224. The summed E-state index contributed by atoms with van der Waals surface area (Å²) < 4.78 is 39.5. The van der Waals surface area contributed by atoms with E-state index in [4.69, 9.17) is 9.47 Å². The highest BCUT2D eigenvalue weighted by Crippen LogP contribution is 2.25. The summed E-state index contributed by atoms with van der Waals surface area (Å²) in [6, 6.07) is 10.5. The number of benzene rings is 2. The molecule has 19 heteroatoms. The maximum Gasteiger partial charge on any atom is 0.435 e. The quantitative estimate of drug-likeness (QED) is 0.141. The zero-order valence-electron chi connectivity index (χ0n) is 24.0. The molecule has 0 aromatic heterocycles. The number of ether oxygens (including phenoxy) is 2. The Kier molecular flexibility index (Phi) is 13.1. The van der Waals surface area contributed by atoms with Crippen molar-refractivity contribution in [2.45, 2.75) is 37.6 Å². The third-order valence-electron chi connectivity index (χ3n) is 6.77. The lowest BCUT2D eigenvalue weighted by atomic mass is 10.1. The predicted octanol–water partition coefficient (Wildman–Crippen LogP) is 4.20. The van der Waals surface area contributed by atoms with Gasteiger partial charge in [0.1, 0.15) is 19.3 Å². The smallest absolute Gasteiger partial charge is 0.435 e. The summed E-state index contributed by atoms with van der Waals surface area (Å²) in [4.78, 5) is 67.2. The molecule has 2 heterocycles. The second-order valence-corrected chi connectivity index (χ2v) is 10.6. The van der Waals surface area contributed by atoms with E-state index in [0.29, 0.717) is 43.7 Å². The van der Waals surface area contributed by atoms with Gasteiger partial charge in [0.15, 0.2) is 0 Å². The van der Waals surface area contributed by atoms with Gasteiger partial charge in [-0.15, -0.1) is 0 Å². The molecule has 0 radical (unpaired) electrons. The maximum absolute atomic E-state index is 13.3. The number of hydrogen-bond acceptors (Lipinski definition) is 10. The minimum Gasteiger partial charge on any atom is -0.445 e. The van der Waals surface area contributed by atoms with Crippen LogP contribution in [0.3, 0.4) is 0 Å². The van der Waals surface area contributed by atoms with Crippen molar-refractivity contribution in [3.8, 4) is 0 Å². The van der Waals surface area contributed by atoms with Gasteiger partial charge >= 0.3 is 18.9 Å². The zero-order chi connectivity index (χ0) is 33.8. The normalized spacial score (nSPS) is 17.8. The van der Waals surface area contributed by atoms with E-state index >= 15 is 0 Å². The Morgan fingerprint density at radius 3 is 1.85 bits per heavy atom. The van der Waals surface area contributed by atoms with Gasteiger partial charge in [-0.05, 0) is 41.8 Å². The van der Waals surface area contributed by atoms with Crippen LogP contribution in [0.25, 0.3) is 0 Å². The third kappa shape index (κ3) is 10.9. The van der Waals surface area contributed by atoms with E-state index in [2.05, 4.69) is 17.6 Å². The van der Waals surface area contributed by atoms with Crippen LogP contribution in [0.2, 0.25) is 0 Å². The molecule has 0 bridgehead atoms. The molecule has 2 aromatic carbocycles. The van der Waals surface area contributed by atoms with Gasteiger partial charge in [-0.3, -0.25) is 29.9 Å². The fourth-order valence-corrected chi connectivity index (χ4v) is 4.86. The monoisotopic (exact) mass is 670 g/mol. The second-order valence-electron chi connectivity index (χ2n) is 9.87. The minimum atomic E-state index is -3.67. The summed E-state index contributed by atoms with van der Waals surface area (Å²) in [6.07, 6.45) is 0.236. The third-order valence-corrected chi connectivity index (χ3v) is 7.14. The van der Waals surface area contributed by atoms with Gasteiger partial charge in [-0.25, -0.2) is 9.59 Å². The number of hydrogen-bond donors (Lipinski definition) is 1. The summed E-state index contributed by atoms with van der Waals surface area (Å²) >= 11 is 4.47. The highest BCUT2D eigenvalue weighted by molar-refractivity contribution is 7.81. The van der Waals surface area contributed by atoms with Crippen LogP contribution < -0.4 is 0 Å². The molecule has 2 aromatic rings. The zero-order valence-corrected chi connectivity index (χ0v) is 24.9. The molecular weight excluding hydrogens is 641 g/mol. The van der Waals surface area contributed by atoms with Gasteiger partial charge in [0.25, 0.3) is 11.4 Å². The fourth-order valence-electron chi connectivity index (χ4n) is 4.49. The SMILES string of the molecule is FC(F)F.O=C(N=CN1CCN(C(=O)[C@@H]2C[C@H](S)CN2C(=O)OCc2ccc([N+](=O)[O-])cc2)CC1)OCc1ccc([N+](=O)[O-])cc1. The number of nitro benzene ring substituents is 2. The maximum atomic E-state index is 13.3. The minimum absolute atomic E-state index is 0.0635. The number of non-ortho nitro benzene ring substituents is 2. The summed E-state index contributed by atoms with van der Waals surface area (Å²) in [6.45, 7) is -2.09. The average molecular weight is 671 g/mol. The number of piperazine rings is 1. The lowest BCUT2D eigenvalue weighted by Gasteiger charge is -2.36. The molecule has 46 heavy (non-hydrogen) atoms. The molecule has 0 N–H and O–H groups in total. The van der Waals surface area contributed by atoms with Crippen LogP contribution in [-0.2, 0) is 27.5 Å². The van der Waals surface area contributed by atoms with Gasteiger partial charge in [-0.2, -0.15) is 30.8 Å². The van der Waals surface area contributed by atoms with E-state index in [0.717, 1.165) is 0 Å². The number of likely N-dealkylation sites (tertiary alicyclic amines) is 1. The molecule has 4 rings (SSSR count). The first kappa shape index (κ1) is 35.5. The molecule has 0 aliphatic carbocycles. The highest BCUT2D eigenvalue weighted by Gasteiger charge is 2.41. The van der Waals surface area contributed by atoms with Crippen LogP contribution in [0.5, 0.6) is 0 Å². The van der Waals surface area contributed by atoms with Gasteiger partial charge in [0, 0.05) is 62.2 Å². The van der Waals surface area contributed by atoms with Crippen molar-refractivity contribution in [3.63, 3.8) is 0 Å². The van der Waals surface area contributed by atoms with Crippen LogP contribution in [0.15, 0.2) is 53.5 Å². The van der Waals surface area contributed by atoms with Crippen molar-refractivity contribution in [2.24, 2.45) is 4.99 Å². The number of amides is 3. The molecule has 2 saturated heterocycles. The topological polar surface area (TPSA) is 178 Å². The van der Waals surface area contributed by atoms with Crippen molar-refractivity contribution >= 4 is 48.4 Å². The van der Waals surface area contributed by atoms with Crippen LogP contribution in [0, 0.1) is 20.2 Å². The number of carbonyl (C=O) groups excluding carboxylic acids is 3. The van der Waals surface area contributed by atoms with E-state index in [1.165, 1.54) is 59.8 Å². The Labute approximate surface area is 265 Å².